The van der Waals surface area contributed by atoms with Gasteiger partial charge in [-0.2, -0.15) is 0 Å². The van der Waals surface area contributed by atoms with Gasteiger partial charge in [0.05, 0.1) is 6.04 Å². The normalized spacial score (nSPS) is 28.6. The first kappa shape index (κ1) is 17.9. The fourth-order valence-electron chi connectivity index (χ4n) is 4.57. The van der Waals surface area contributed by atoms with Crippen LogP contribution in [0, 0.1) is 23.5 Å². The van der Waals surface area contributed by atoms with E-state index in [0.717, 1.165) is 31.7 Å². The Bertz CT molecular complexity index is 781. The number of rotatable bonds is 4. The fraction of sp³-hybridized carbons (Fsp3) is 0.526. The topological polar surface area (TPSA) is 87.3 Å². The molecule has 1 aromatic rings. The van der Waals surface area contributed by atoms with Crippen molar-refractivity contribution in [2.75, 3.05) is 0 Å². The molecule has 0 bridgehead atoms. The summed E-state index contributed by atoms with van der Waals surface area (Å²) in [4.78, 5) is 35.9. The van der Waals surface area contributed by atoms with Crippen LogP contribution in [0.4, 0.5) is 13.6 Å². The van der Waals surface area contributed by atoms with Gasteiger partial charge in [0.1, 0.15) is 17.2 Å². The van der Waals surface area contributed by atoms with E-state index in [1.165, 1.54) is 12.1 Å². The highest BCUT2D eigenvalue weighted by molar-refractivity contribution is 6.08. The molecule has 3 aliphatic rings. The van der Waals surface area contributed by atoms with E-state index in [0.29, 0.717) is 5.56 Å². The molecule has 1 atom stereocenters. The SMILES string of the molecule is O=C1NC(=O)C2(CC(C(=O)NC(c3cc(F)cc(F)c3)C3CCCC3)C2)N1. The second-order valence-electron chi connectivity index (χ2n) is 7.83. The number of halogens is 2. The third-order valence-electron chi connectivity index (χ3n) is 5.99. The van der Waals surface area contributed by atoms with Gasteiger partial charge in [-0.15, -0.1) is 0 Å². The van der Waals surface area contributed by atoms with Crippen LogP contribution in [0.25, 0.3) is 0 Å². The molecule has 3 N–H and O–H groups in total. The van der Waals surface area contributed by atoms with Gasteiger partial charge in [0.2, 0.25) is 5.91 Å². The Morgan fingerprint density at radius 2 is 1.74 bits per heavy atom. The molecule has 4 amide bonds. The van der Waals surface area contributed by atoms with Crippen molar-refractivity contribution >= 4 is 17.8 Å². The summed E-state index contributed by atoms with van der Waals surface area (Å²) >= 11 is 0. The molecule has 144 valence electrons. The highest BCUT2D eigenvalue weighted by Gasteiger charge is 2.57. The molecule has 8 heteroatoms. The van der Waals surface area contributed by atoms with Gasteiger partial charge in [0.25, 0.3) is 5.91 Å². The highest BCUT2D eigenvalue weighted by Crippen LogP contribution is 2.42. The molecule has 4 rings (SSSR count). The number of urea groups is 1. The zero-order chi connectivity index (χ0) is 19.2. The zero-order valence-electron chi connectivity index (χ0n) is 14.7. The first-order valence-electron chi connectivity index (χ1n) is 9.26. The van der Waals surface area contributed by atoms with Crippen LogP contribution >= 0.6 is 0 Å². The molecule has 3 fully saturated rings. The number of hydrogen-bond acceptors (Lipinski definition) is 3. The van der Waals surface area contributed by atoms with E-state index >= 15 is 0 Å². The molecule has 0 radical (unpaired) electrons. The number of benzene rings is 1. The molecule has 1 aromatic carbocycles. The van der Waals surface area contributed by atoms with E-state index < -0.39 is 41.1 Å². The average Bonchev–Trinajstić information content (AvgIpc) is 3.17. The van der Waals surface area contributed by atoms with Gasteiger partial charge in [-0.25, -0.2) is 13.6 Å². The van der Waals surface area contributed by atoms with Crippen LogP contribution in [-0.2, 0) is 9.59 Å². The molecule has 2 aliphatic carbocycles. The Morgan fingerprint density at radius 1 is 1.11 bits per heavy atom. The van der Waals surface area contributed by atoms with Gasteiger partial charge in [-0.3, -0.25) is 14.9 Å². The predicted octanol–water partition coefficient (Wildman–Crippen LogP) is 2.30. The highest BCUT2D eigenvalue weighted by atomic mass is 19.1. The quantitative estimate of drug-likeness (QED) is 0.704. The van der Waals surface area contributed by atoms with Crippen molar-refractivity contribution in [3.63, 3.8) is 0 Å². The fourth-order valence-corrected chi connectivity index (χ4v) is 4.57. The van der Waals surface area contributed by atoms with E-state index in [1.54, 1.807) is 0 Å². The van der Waals surface area contributed by atoms with Crippen molar-refractivity contribution in [3.8, 4) is 0 Å². The first-order chi connectivity index (χ1) is 12.9. The smallest absolute Gasteiger partial charge is 0.322 e. The second-order valence-corrected chi connectivity index (χ2v) is 7.83. The van der Waals surface area contributed by atoms with Crippen LogP contribution in [0.15, 0.2) is 18.2 Å². The molecule has 6 nitrogen and oxygen atoms in total. The maximum absolute atomic E-state index is 13.7. The van der Waals surface area contributed by atoms with Crippen LogP contribution in [0.1, 0.15) is 50.1 Å². The van der Waals surface area contributed by atoms with Crippen molar-refractivity contribution in [3.05, 3.63) is 35.4 Å². The lowest BCUT2D eigenvalue weighted by molar-refractivity contribution is -0.137. The number of hydrogen-bond donors (Lipinski definition) is 3. The lowest BCUT2D eigenvalue weighted by Gasteiger charge is -2.42. The van der Waals surface area contributed by atoms with Crippen molar-refractivity contribution in [2.24, 2.45) is 11.8 Å². The van der Waals surface area contributed by atoms with E-state index in [9.17, 15) is 23.2 Å². The van der Waals surface area contributed by atoms with Crippen molar-refractivity contribution < 1.29 is 23.2 Å². The van der Waals surface area contributed by atoms with Crippen molar-refractivity contribution in [1.29, 1.82) is 0 Å². The Balaban J connectivity index is 1.48. The van der Waals surface area contributed by atoms with Crippen LogP contribution in [-0.4, -0.2) is 23.4 Å². The van der Waals surface area contributed by atoms with Gasteiger partial charge >= 0.3 is 6.03 Å². The first-order valence-corrected chi connectivity index (χ1v) is 9.26. The van der Waals surface area contributed by atoms with Crippen LogP contribution in [0.5, 0.6) is 0 Å². The molecule has 1 spiro atoms. The third-order valence-corrected chi connectivity index (χ3v) is 5.99. The number of imide groups is 1. The zero-order valence-corrected chi connectivity index (χ0v) is 14.7. The molecule has 1 heterocycles. The Kier molecular flexibility index (Phi) is 4.36. The Morgan fingerprint density at radius 3 is 2.30 bits per heavy atom. The maximum Gasteiger partial charge on any atom is 0.322 e. The summed E-state index contributed by atoms with van der Waals surface area (Å²) < 4.78 is 27.4. The molecule has 1 aliphatic heterocycles. The Hall–Kier alpha value is -2.51. The van der Waals surface area contributed by atoms with Crippen LogP contribution in [0.2, 0.25) is 0 Å². The average molecular weight is 377 g/mol. The van der Waals surface area contributed by atoms with Gasteiger partial charge in [0, 0.05) is 12.0 Å². The summed E-state index contributed by atoms with van der Waals surface area (Å²) in [7, 11) is 0. The molecule has 27 heavy (non-hydrogen) atoms. The minimum absolute atomic E-state index is 0.124. The Labute approximate surface area is 155 Å². The lowest BCUT2D eigenvalue weighted by atomic mass is 9.67. The van der Waals surface area contributed by atoms with E-state index in [2.05, 4.69) is 16.0 Å². The van der Waals surface area contributed by atoms with Gasteiger partial charge in [0.15, 0.2) is 0 Å². The number of nitrogens with one attached hydrogen (secondary N) is 3. The number of amides is 4. The molecular formula is C19H21F2N3O3. The number of carbonyl (C=O) groups excluding carboxylic acids is 3. The van der Waals surface area contributed by atoms with Gasteiger partial charge in [-0.1, -0.05) is 12.8 Å². The second kappa shape index (κ2) is 6.58. The summed E-state index contributed by atoms with van der Waals surface area (Å²) in [5.74, 6) is -2.30. The summed E-state index contributed by atoms with van der Waals surface area (Å²) in [5.41, 5.74) is -0.568. The molecule has 0 aromatic heterocycles. The van der Waals surface area contributed by atoms with Crippen molar-refractivity contribution in [1.82, 2.24) is 16.0 Å². The summed E-state index contributed by atoms with van der Waals surface area (Å²) in [6.07, 6.45) is 4.27. The summed E-state index contributed by atoms with van der Waals surface area (Å²) in [6, 6.07) is 2.33. The lowest BCUT2D eigenvalue weighted by Crippen LogP contribution is -2.60. The van der Waals surface area contributed by atoms with Crippen molar-refractivity contribution in [2.45, 2.75) is 50.1 Å². The van der Waals surface area contributed by atoms with Gasteiger partial charge < -0.3 is 10.6 Å². The summed E-state index contributed by atoms with van der Waals surface area (Å²) in [5, 5.41) is 7.71. The summed E-state index contributed by atoms with van der Waals surface area (Å²) in [6.45, 7) is 0. The van der Waals surface area contributed by atoms with Gasteiger partial charge in [-0.05, 0) is 49.3 Å². The van der Waals surface area contributed by atoms with Crippen LogP contribution < -0.4 is 16.0 Å². The molecule has 2 saturated carbocycles. The van der Waals surface area contributed by atoms with E-state index in [-0.39, 0.29) is 24.7 Å². The largest absolute Gasteiger partial charge is 0.349 e. The third kappa shape index (κ3) is 3.28. The standard InChI is InChI=1S/C19H21F2N3O3/c20-13-5-11(6-14(21)7-13)15(10-3-1-2-4-10)22-16(25)12-8-19(9-12)17(26)23-18(27)24-19/h5-7,10,12,15H,1-4,8-9H2,(H,22,25)(H2,23,24,26,27). The van der Waals surface area contributed by atoms with Crippen LogP contribution in [0.3, 0.4) is 0 Å². The minimum Gasteiger partial charge on any atom is -0.349 e. The maximum atomic E-state index is 13.7. The monoisotopic (exact) mass is 377 g/mol. The number of carbonyl (C=O) groups is 3. The van der Waals surface area contributed by atoms with E-state index in [4.69, 9.17) is 0 Å². The minimum atomic E-state index is -0.993. The molecule has 1 saturated heterocycles. The predicted molar refractivity (Wildman–Crippen MR) is 91.3 cm³/mol. The van der Waals surface area contributed by atoms with E-state index in [1.807, 2.05) is 0 Å². The molecule has 1 unspecified atom stereocenters. The molecular weight excluding hydrogens is 356 g/mol.